The highest BCUT2D eigenvalue weighted by Crippen LogP contribution is 2.23. The molecule has 0 atom stereocenters. The molecule has 19 heavy (non-hydrogen) atoms. The second-order valence-corrected chi connectivity index (χ2v) is 5.29. The van der Waals surface area contributed by atoms with Crippen LogP contribution in [-0.4, -0.2) is 40.5 Å². The minimum atomic E-state index is -0.959. The third kappa shape index (κ3) is 4.69. The Kier molecular flexibility index (Phi) is 5.03. The van der Waals surface area contributed by atoms with Crippen molar-refractivity contribution in [2.24, 2.45) is 5.41 Å². The molecular formula is C14H20N2O3. The van der Waals surface area contributed by atoms with Crippen LogP contribution in [0.1, 0.15) is 25.8 Å². The van der Waals surface area contributed by atoms with Gasteiger partial charge in [-0.25, -0.2) is 0 Å². The van der Waals surface area contributed by atoms with Crippen LogP contribution < -0.4 is 0 Å². The van der Waals surface area contributed by atoms with Crippen molar-refractivity contribution in [3.63, 3.8) is 0 Å². The lowest BCUT2D eigenvalue weighted by molar-refractivity contribution is -0.148. The van der Waals surface area contributed by atoms with E-state index < -0.39 is 11.4 Å². The molecule has 0 saturated heterocycles. The van der Waals surface area contributed by atoms with Gasteiger partial charge in [0.1, 0.15) is 0 Å². The Balaban J connectivity index is 2.55. The van der Waals surface area contributed by atoms with E-state index in [-0.39, 0.29) is 12.3 Å². The molecule has 5 nitrogen and oxygen atoms in total. The SMILES string of the molecule is CN(CCc1cccnc1)C(=O)C(C)(C)CC(=O)O. The van der Waals surface area contributed by atoms with Crippen LogP contribution in [0.2, 0.25) is 0 Å². The van der Waals surface area contributed by atoms with Crippen LogP contribution in [0.4, 0.5) is 0 Å². The number of carbonyl (C=O) groups is 2. The lowest BCUT2D eigenvalue weighted by Crippen LogP contribution is -2.40. The summed E-state index contributed by atoms with van der Waals surface area (Å²) in [7, 11) is 1.70. The fraction of sp³-hybridized carbons (Fsp3) is 0.500. The zero-order valence-electron chi connectivity index (χ0n) is 11.6. The first-order chi connectivity index (χ1) is 8.83. The Labute approximate surface area is 113 Å². The molecule has 0 fully saturated rings. The summed E-state index contributed by atoms with van der Waals surface area (Å²) in [5.74, 6) is -1.11. The summed E-state index contributed by atoms with van der Waals surface area (Å²) in [5, 5.41) is 8.81. The number of carbonyl (C=O) groups excluding carboxylic acids is 1. The number of hydrogen-bond acceptors (Lipinski definition) is 3. The third-order valence-electron chi connectivity index (χ3n) is 2.98. The molecule has 0 saturated carbocycles. The van der Waals surface area contributed by atoms with E-state index in [0.29, 0.717) is 13.0 Å². The van der Waals surface area contributed by atoms with E-state index in [0.717, 1.165) is 5.56 Å². The van der Waals surface area contributed by atoms with E-state index in [1.54, 1.807) is 38.2 Å². The van der Waals surface area contributed by atoms with Crippen LogP contribution in [0.3, 0.4) is 0 Å². The van der Waals surface area contributed by atoms with Gasteiger partial charge < -0.3 is 10.0 Å². The minimum absolute atomic E-state index is 0.154. The number of hydrogen-bond donors (Lipinski definition) is 1. The number of pyridine rings is 1. The topological polar surface area (TPSA) is 70.5 Å². The number of amides is 1. The summed E-state index contributed by atoms with van der Waals surface area (Å²) in [4.78, 5) is 28.5. The van der Waals surface area contributed by atoms with Crippen molar-refractivity contribution in [1.82, 2.24) is 9.88 Å². The summed E-state index contributed by atoms with van der Waals surface area (Å²) in [6.45, 7) is 3.86. The third-order valence-corrected chi connectivity index (χ3v) is 2.98. The highest BCUT2D eigenvalue weighted by Gasteiger charge is 2.32. The minimum Gasteiger partial charge on any atom is -0.481 e. The number of rotatable bonds is 6. The van der Waals surface area contributed by atoms with Gasteiger partial charge in [0, 0.05) is 26.0 Å². The van der Waals surface area contributed by atoms with E-state index in [2.05, 4.69) is 4.98 Å². The zero-order valence-corrected chi connectivity index (χ0v) is 11.6. The molecule has 104 valence electrons. The summed E-state index contributed by atoms with van der Waals surface area (Å²) in [6, 6.07) is 3.80. The maximum Gasteiger partial charge on any atom is 0.304 e. The van der Waals surface area contributed by atoms with Gasteiger partial charge in [-0.15, -0.1) is 0 Å². The van der Waals surface area contributed by atoms with Crippen LogP contribution in [0.25, 0.3) is 0 Å². The van der Waals surface area contributed by atoms with Crippen molar-refractivity contribution in [1.29, 1.82) is 0 Å². The Morgan fingerprint density at radius 2 is 2.11 bits per heavy atom. The van der Waals surface area contributed by atoms with Gasteiger partial charge in [0.25, 0.3) is 0 Å². The number of aliphatic carboxylic acids is 1. The smallest absolute Gasteiger partial charge is 0.304 e. The second kappa shape index (κ2) is 6.31. The quantitative estimate of drug-likeness (QED) is 0.847. The van der Waals surface area contributed by atoms with Gasteiger partial charge in [0.2, 0.25) is 5.91 Å². The molecule has 0 aromatic carbocycles. The van der Waals surface area contributed by atoms with Crippen molar-refractivity contribution in [2.45, 2.75) is 26.7 Å². The van der Waals surface area contributed by atoms with Crippen molar-refractivity contribution in [2.75, 3.05) is 13.6 Å². The Hall–Kier alpha value is -1.91. The first kappa shape index (κ1) is 15.1. The Bertz CT molecular complexity index is 443. The molecule has 0 bridgehead atoms. The van der Waals surface area contributed by atoms with Gasteiger partial charge in [-0.1, -0.05) is 19.9 Å². The second-order valence-electron chi connectivity index (χ2n) is 5.29. The first-order valence-corrected chi connectivity index (χ1v) is 6.19. The highest BCUT2D eigenvalue weighted by atomic mass is 16.4. The molecule has 1 aromatic heterocycles. The van der Waals surface area contributed by atoms with Crippen LogP contribution >= 0.6 is 0 Å². The monoisotopic (exact) mass is 264 g/mol. The van der Waals surface area contributed by atoms with Crippen LogP contribution in [-0.2, 0) is 16.0 Å². The molecule has 1 rings (SSSR count). The van der Waals surface area contributed by atoms with E-state index in [4.69, 9.17) is 5.11 Å². The Morgan fingerprint density at radius 1 is 1.42 bits per heavy atom. The van der Waals surface area contributed by atoms with Gasteiger partial charge in [0.05, 0.1) is 11.8 Å². The van der Waals surface area contributed by atoms with E-state index in [1.807, 2.05) is 12.1 Å². The van der Waals surface area contributed by atoms with Gasteiger partial charge in [-0.3, -0.25) is 14.6 Å². The van der Waals surface area contributed by atoms with Crippen molar-refractivity contribution in [3.8, 4) is 0 Å². The van der Waals surface area contributed by atoms with E-state index in [1.165, 1.54) is 0 Å². The molecule has 0 aliphatic carbocycles. The number of carboxylic acids is 1. The molecule has 0 aliphatic rings. The predicted octanol–water partition coefficient (Wildman–Crippen LogP) is 1.58. The average molecular weight is 264 g/mol. The molecule has 5 heteroatoms. The highest BCUT2D eigenvalue weighted by molar-refractivity contribution is 5.86. The van der Waals surface area contributed by atoms with E-state index >= 15 is 0 Å². The van der Waals surface area contributed by atoms with Crippen LogP contribution in [0, 0.1) is 5.41 Å². The van der Waals surface area contributed by atoms with Crippen molar-refractivity contribution in [3.05, 3.63) is 30.1 Å². The van der Waals surface area contributed by atoms with Gasteiger partial charge >= 0.3 is 5.97 Å². The molecule has 0 unspecified atom stereocenters. The number of aromatic nitrogens is 1. The molecule has 1 aromatic rings. The van der Waals surface area contributed by atoms with Crippen molar-refractivity contribution >= 4 is 11.9 Å². The molecule has 0 aliphatic heterocycles. The molecule has 1 N–H and O–H groups in total. The molecule has 0 radical (unpaired) electrons. The number of likely N-dealkylation sites (N-methyl/N-ethyl adjacent to an activating group) is 1. The maximum atomic E-state index is 12.2. The van der Waals surface area contributed by atoms with Gasteiger partial charge in [0.15, 0.2) is 0 Å². The summed E-state index contributed by atoms with van der Waals surface area (Å²) < 4.78 is 0. The van der Waals surface area contributed by atoms with Crippen molar-refractivity contribution < 1.29 is 14.7 Å². The number of nitrogens with zero attached hydrogens (tertiary/aromatic N) is 2. The van der Waals surface area contributed by atoms with Gasteiger partial charge in [-0.2, -0.15) is 0 Å². The standard InChI is InChI=1S/C14H20N2O3/c1-14(2,9-12(17)18)13(19)16(3)8-6-11-5-4-7-15-10-11/h4-5,7,10H,6,8-9H2,1-3H3,(H,17,18). The molecule has 1 amide bonds. The van der Waals surface area contributed by atoms with E-state index in [9.17, 15) is 9.59 Å². The first-order valence-electron chi connectivity index (χ1n) is 6.19. The zero-order chi connectivity index (χ0) is 14.5. The largest absolute Gasteiger partial charge is 0.481 e. The molecule has 1 heterocycles. The maximum absolute atomic E-state index is 12.2. The predicted molar refractivity (Wildman–Crippen MR) is 71.6 cm³/mol. The lowest BCUT2D eigenvalue weighted by Gasteiger charge is -2.28. The van der Waals surface area contributed by atoms with Gasteiger partial charge in [-0.05, 0) is 18.1 Å². The summed E-state index contributed by atoms with van der Waals surface area (Å²) >= 11 is 0. The lowest BCUT2D eigenvalue weighted by atomic mass is 9.87. The fourth-order valence-corrected chi connectivity index (χ4v) is 1.91. The normalized spacial score (nSPS) is 11.1. The molecule has 0 spiro atoms. The van der Waals surface area contributed by atoms with Crippen LogP contribution in [0.5, 0.6) is 0 Å². The summed E-state index contributed by atoms with van der Waals surface area (Å²) in [6.07, 6.45) is 4.01. The number of carboxylic acid groups (broad SMARTS) is 1. The molecular weight excluding hydrogens is 244 g/mol. The average Bonchev–Trinajstić information content (AvgIpc) is 2.34. The fourth-order valence-electron chi connectivity index (χ4n) is 1.91. The Morgan fingerprint density at radius 3 is 2.63 bits per heavy atom. The van der Waals surface area contributed by atoms with Crippen LogP contribution in [0.15, 0.2) is 24.5 Å². The summed E-state index contributed by atoms with van der Waals surface area (Å²) in [5.41, 5.74) is 0.174.